The van der Waals surface area contributed by atoms with Gasteiger partial charge < -0.3 is 26.2 Å². The summed E-state index contributed by atoms with van der Waals surface area (Å²) in [7, 11) is 2.15. The summed E-state index contributed by atoms with van der Waals surface area (Å²) in [4.78, 5) is 30.1. The summed E-state index contributed by atoms with van der Waals surface area (Å²) < 4.78 is 0. The van der Waals surface area contributed by atoms with Crippen LogP contribution in [-0.4, -0.2) is 49.8 Å². The van der Waals surface area contributed by atoms with Crippen LogP contribution in [-0.2, 0) is 4.79 Å². The molecule has 34 heavy (non-hydrogen) atoms. The molecular weight excluding hydrogens is 426 g/mol. The maximum absolute atomic E-state index is 12.8. The molecule has 1 amide bonds. The summed E-state index contributed by atoms with van der Waals surface area (Å²) in [6, 6.07) is 20.3. The van der Waals surface area contributed by atoms with Crippen molar-refractivity contribution in [3.63, 3.8) is 0 Å². The molecule has 172 valence electrons. The highest BCUT2D eigenvalue weighted by Crippen LogP contribution is 2.33. The molecule has 1 saturated heterocycles. The second-order valence-corrected chi connectivity index (χ2v) is 8.71. The lowest BCUT2D eigenvalue weighted by Crippen LogP contribution is -2.44. The van der Waals surface area contributed by atoms with Gasteiger partial charge in [-0.15, -0.1) is 0 Å². The maximum Gasteiger partial charge on any atom is 0.257 e. The lowest BCUT2D eigenvalue weighted by Gasteiger charge is -2.34. The largest absolute Gasteiger partial charge is 0.399 e. The Balaban J connectivity index is 1.30. The topological polar surface area (TPSA) is 90.7 Å². The Labute approximate surface area is 198 Å². The Morgan fingerprint density at radius 2 is 1.62 bits per heavy atom. The van der Waals surface area contributed by atoms with Crippen molar-refractivity contribution in [3.05, 3.63) is 89.6 Å². The number of nitrogens with zero attached hydrogens (tertiary/aromatic N) is 2. The van der Waals surface area contributed by atoms with Gasteiger partial charge >= 0.3 is 0 Å². The first-order chi connectivity index (χ1) is 16.5. The molecule has 0 unspecified atom stereocenters. The number of carbonyl (C=O) groups excluding carboxylic acids is 2. The van der Waals surface area contributed by atoms with Gasteiger partial charge in [0.1, 0.15) is 0 Å². The molecule has 1 fully saturated rings. The van der Waals surface area contributed by atoms with Gasteiger partial charge in [-0.2, -0.15) is 0 Å². The highest BCUT2D eigenvalue weighted by molar-refractivity contribution is 6.32. The third-order valence-electron chi connectivity index (χ3n) is 6.36. The first-order valence-corrected chi connectivity index (χ1v) is 11.3. The van der Waals surface area contributed by atoms with Crippen LogP contribution in [0.25, 0.3) is 5.57 Å². The van der Waals surface area contributed by atoms with Gasteiger partial charge in [0.05, 0.1) is 5.57 Å². The lowest BCUT2D eigenvalue weighted by atomic mass is 9.99. The number of piperazine rings is 1. The van der Waals surface area contributed by atoms with E-state index < -0.39 is 0 Å². The first kappa shape index (κ1) is 21.7. The van der Waals surface area contributed by atoms with E-state index in [0.29, 0.717) is 28.1 Å². The molecule has 2 aliphatic rings. The Hall–Kier alpha value is -4.10. The first-order valence-electron chi connectivity index (χ1n) is 11.3. The molecule has 2 aliphatic heterocycles. The molecule has 0 radical (unpaired) electrons. The predicted molar refractivity (Wildman–Crippen MR) is 137 cm³/mol. The van der Waals surface area contributed by atoms with E-state index in [1.807, 2.05) is 18.2 Å². The van der Waals surface area contributed by atoms with Gasteiger partial charge in [0.25, 0.3) is 5.91 Å². The number of benzene rings is 3. The van der Waals surface area contributed by atoms with E-state index in [-0.39, 0.29) is 11.7 Å². The highest BCUT2D eigenvalue weighted by Gasteiger charge is 2.25. The van der Waals surface area contributed by atoms with Crippen LogP contribution in [0.1, 0.15) is 21.5 Å². The van der Waals surface area contributed by atoms with Crippen molar-refractivity contribution in [1.82, 2.24) is 4.90 Å². The highest BCUT2D eigenvalue weighted by atomic mass is 16.2. The smallest absolute Gasteiger partial charge is 0.257 e. The van der Waals surface area contributed by atoms with E-state index in [4.69, 9.17) is 5.73 Å². The minimum Gasteiger partial charge on any atom is -0.399 e. The predicted octanol–water partition coefficient (Wildman–Crippen LogP) is 3.66. The summed E-state index contributed by atoms with van der Waals surface area (Å²) in [6.07, 6.45) is 1.72. The van der Waals surface area contributed by atoms with Crippen LogP contribution in [0.2, 0.25) is 0 Å². The third kappa shape index (κ3) is 4.38. The van der Waals surface area contributed by atoms with Gasteiger partial charge in [-0.3, -0.25) is 9.59 Å². The molecule has 0 aliphatic carbocycles. The number of nitrogens with one attached hydrogen (secondary N) is 2. The number of fused-ring (bicyclic) bond motifs is 1. The number of amides is 1. The van der Waals surface area contributed by atoms with E-state index in [2.05, 4.69) is 39.6 Å². The Morgan fingerprint density at radius 3 is 2.32 bits per heavy atom. The average molecular weight is 454 g/mol. The van der Waals surface area contributed by atoms with Crippen LogP contribution >= 0.6 is 0 Å². The van der Waals surface area contributed by atoms with E-state index in [1.54, 1.807) is 42.6 Å². The molecular formula is C27H27N5O2. The molecule has 2 heterocycles. The van der Waals surface area contributed by atoms with Gasteiger partial charge in [0.15, 0.2) is 5.78 Å². The molecule has 0 aromatic heterocycles. The van der Waals surface area contributed by atoms with Crippen LogP contribution in [0, 0.1) is 0 Å². The minimum atomic E-state index is -0.200. The number of hydrogen-bond acceptors (Lipinski definition) is 6. The fourth-order valence-corrected chi connectivity index (χ4v) is 4.27. The van der Waals surface area contributed by atoms with Gasteiger partial charge in [-0.1, -0.05) is 12.1 Å². The summed E-state index contributed by atoms with van der Waals surface area (Å²) in [5, 5.41) is 6.10. The zero-order valence-electron chi connectivity index (χ0n) is 19.0. The second-order valence-electron chi connectivity index (χ2n) is 8.71. The Bertz CT molecular complexity index is 1260. The number of rotatable bonds is 5. The number of ketones is 1. The average Bonchev–Trinajstić information content (AvgIpc) is 3.17. The molecule has 7 nitrogen and oxygen atoms in total. The van der Waals surface area contributed by atoms with E-state index >= 15 is 0 Å². The number of nitrogens with two attached hydrogens (primary N) is 1. The Kier molecular flexibility index (Phi) is 5.77. The van der Waals surface area contributed by atoms with E-state index in [0.717, 1.165) is 37.4 Å². The zero-order chi connectivity index (χ0) is 23.7. The molecule has 0 spiro atoms. The van der Waals surface area contributed by atoms with Crippen LogP contribution in [0.3, 0.4) is 0 Å². The van der Waals surface area contributed by atoms with Gasteiger partial charge in [0, 0.05) is 71.8 Å². The Morgan fingerprint density at radius 1 is 0.941 bits per heavy atom. The van der Waals surface area contributed by atoms with E-state index in [1.165, 1.54) is 5.69 Å². The van der Waals surface area contributed by atoms with Crippen molar-refractivity contribution in [1.29, 1.82) is 0 Å². The molecule has 3 aromatic rings. The summed E-state index contributed by atoms with van der Waals surface area (Å²) in [6.45, 7) is 4.17. The maximum atomic E-state index is 12.8. The van der Waals surface area contributed by atoms with Crippen LogP contribution in [0.15, 0.2) is 72.9 Å². The van der Waals surface area contributed by atoms with Crippen LogP contribution in [0.5, 0.6) is 0 Å². The molecule has 0 saturated carbocycles. The summed E-state index contributed by atoms with van der Waals surface area (Å²) in [5.74, 6) is -0.318. The van der Waals surface area contributed by atoms with Crippen molar-refractivity contribution in [2.75, 3.05) is 54.5 Å². The monoisotopic (exact) mass is 453 g/mol. The van der Waals surface area contributed by atoms with Crippen LogP contribution < -0.4 is 21.3 Å². The van der Waals surface area contributed by atoms with Crippen molar-refractivity contribution < 1.29 is 9.59 Å². The molecule has 4 N–H and O–H groups in total. The van der Waals surface area contributed by atoms with Gasteiger partial charge in [0.2, 0.25) is 0 Å². The zero-order valence-corrected chi connectivity index (χ0v) is 19.0. The van der Waals surface area contributed by atoms with Crippen molar-refractivity contribution in [2.24, 2.45) is 0 Å². The molecule has 3 aromatic carbocycles. The third-order valence-corrected chi connectivity index (χ3v) is 6.36. The second kappa shape index (κ2) is 9.03. The number of hydrogen-bond donors (Lipinski definition) is 3. The normalized spacial score (nSPS) is 16.9. The standard InChI is InChI=1S/C27H27N5O2/c1-31-12-14-32(15-13-31)22-9-7-21(8-10-22)29-17-24-23-11-4-19(16-25(23)30-27(24)34)26(33)18-2-5-20(28)6-3-18/h2-11,16-17,29H,12-15,28H2,1H3,(H,30,34). The number of likely N-dealkylation sites (N-methyl/N-ethyl adjacent to an activating group) is 1. The quantitative estimate of drug-likeness (QED) is 0.310. The summed E-state index contributed by atoms with van der Waals surface area (Å²) in [5.41, 5.74) is 11.4. The lowest BCUT2D eigenvalue weighted by molar-refractivity contribution is -0.110. The molecule has 7 heteroatoms. The number of nitrogen functional groups attached to an aromatic ring is 1. The van der Waals surface area contributed by atoms with Crippen molar-refractivity contribution >= 4 is 40.0 Å². The minimum absolute atomic E-state index is 0.118. The van der Waals surface area contributed by atoms with Crippen molar-refractivity contribution in [3.8, 4) is 0 Å². The fourth-order valence-electron chi connectivity index (χ4n) is 4.27. The van der Waals surface area contributed by atoms with Crippen molar-refractivity contribution in [2.45, 2.75) is 0 Å². The summed E-state index contributed by atoms with van der Waals surface area (Å²) >= 11 is 0. The molecule has 0 atom stereocenters. The van der Waals surface area contributed by atoms with Gasteiger partial charge in [-0.25, -0.2) is 0 Å². The SMILES string of the molecule is CN1CCN(c2ccc(NC=C3C(=O)Nc4cc(C(=O)c5ccc(N)cc5)ccc43)cc2)CC1. The number of anilines is 4. The van der Waals surface area contributed by atoms with E-state index in [9.17, 15) is 9.59 Å². The number of carbonyl (C=O) groups is 2. The molecule has 0 bridgehead atoms. The van der Waals surface area contributed by atoms with Gasteiger partial charge in [-0.05, 0) is 61.6 Å². The van der Waals surface area contributed by atoms with Crippen LogP contribution in [0.4, 0.5) is 22.7 Å². The fraction of sp³-hybridized carbons (Fsp3) is 0.185. The molecule has 5 rings (SSSR count).